The van der Waals surface area contributed by atoms with Gasteiger partial charge in [0.15, 0.2) is 0 Å². The summed E-state index contributed by atoms with van der Waals surface area (Å²) in [5.74, 6) is 0.805. The van der Waals surface area contributed by atoms with Crippen LogP contribution in [0.1, 0.15) is 26.2 Å². The fraction of sp³-hybridized carbons (Fsp3) is 0.833. The quantitative estimate of drug-likeness (QED) is 0.464. The summed E-state index contributed by atoms with van der Waals surface area (Å²) < 4.78 is 0. The van der Waals surface area contributed by atoms with Gasteiger partial charge in [-0.1, -0.05) is 13.3 Å². The van der Waals surface area contributed by atoms with E-state index in [9.17, 15) is 9.59 Å². The Kier molecular flexibility index (Phi) is 10.4. The molecule has 6 nitrogen and oxygen atoms in total. The zero-order valence-corrected chi connectivity index (χ0v) is 12.5. The second kappa shape index (κ2) is 10.9. The predicted molar refractivity (Wildman–Crippen MR) is 78.0 cm³/mol. The minimum Gasteiger partial charge on any atom is -0.396 e. The number of nitrogens with two attached hydrogens (primary N) is 1. The molecule has 0 aliphatic carbocycles. The topological polar surface area (TPSA) is 104 Å². The summed E-state index contributed by atoms with van der Waals surface area (Å²) in [5, 5.41) is 14.1. The highest BCUT2D eigenvalue weighted by Gasteiger charge is 2.19. The van der Waals surface area contributed by atoms with Crippen molar-refractivity contribution in [3.05, 3.63) is 0 Å². The number of rotatable bonds is 10. The number of urea groups is 1. The molecule has 0 heterocycles. The molecule has 112 valence electrons. The molecule has 0 saturated carbocycles. The van der Waals surface area contributed by atoms with Crippen LogP contribution in [0.25, 0.3) is 0 Å². The van der Waals surface area contributed by atoms with Crippen LogP contribution in [-0.4, -0.2) is 48.2 Å². The number of hydrogen-bond donors (Lipinski definition) is 4. The van der Waals surface area contributed by atoms with Crippen molar-refractivity contribution in [2.24, 2.45) is 11.7 Å². The molecule has 0 aromatic carbocycles. The van der Waals surface area contributed by atoms with Gasteiger partial charge >= 0.3 is 6.03 Å². The van der Waals surface area contributed by atoms with Gasteiger partial charge in [0.05, 0.1) is 0 Å². The Labute approximate surface area is 118 Å². The Morgan fingerprint density at radius 1 is 1.37 bits per heavy atom. The van der Waals surface area contributed by atoms with E-state index < -0.39 is 12.1 Å². The molecule has 3 amide bonds. The number of amides is 3. The molecule has 0 radical (unpaired) electrons. The Bertz CT molecular complexity index is 277. The fourth-order valence-corrected chi connectivity index (χ4v) is 2.15. The average molecular weight is 291 g/mol. The van der Waals surface area contributed by atoms with Crippen LogP contribution in [0.4, 0.5) is 4.79 Å². The number of carbonyl (C=O) groups excluding carboxylic acids is 2. The molecular formula is C12H25N3O3S. The van der Waals surface area contributed by atoms with Gasteiger partial charge in [0.2, 0.25) is 5.91 Å². The molecule has 0 saturated heterocycles. The smallest absolute Gasteiger partial charge is 0.312 e. The molecule has 0 aromatic heterocycles. The maximum absolute atomic E-state index is 12.0. The highest BCUT2D eigenvalue weighted by Crippen LogP contribution is 2.06. The van der Waals surface area contributed by atoms with Crippen molar-refractivity contribution < 1.29 is 14.7 Å². The highest BCUT2D eigenvalue weighted by molar-refractivity contribution is 7.98. The molecule has 0 aromatic rings. The number of aliphatic hydroxyl groups excluding tert-OH is 1. The van der Waals surface area contributed by atoms with Crippen LogP contribution in [0.5, 0.6) is 0 Å². The summed E-state index contributed by atoms with van der Waals surface area (Å²) in [6, 6.07) is -1.28. The number of hydrogen-bond acceptors (Lipinski definition) is 4. The van der Waals surface area contributed by atoms with Crippen molar-refractivity contribution in [1.82, 2.24) is 10.6 Å². The van der Waals surface area contributed by atoms with Gasteiger partial charge in [-0.05, 0) is 30.8 Å². The van der Waals surface area contributed by atoms with Gasteiger partial charge in [-0.15, -0.1) is 0 Å². The first-order valence-corrected chi connectivity index (χ1v) is 7.87. The summed E-state index contributed by atoms with van der Waals surface area (Å²) in [6.45, 7) is 2.63. The highest BCUT2D eigenvalue weighted by atomic mass is 32.2. The Hall–Kier alpha value is -0.950. The number of thioether (sulfide) groups is 1. The van der Waals surface area contributed by atoms with Crippen LogP contribution < -0.4 is 16.4 Å². The van der Waals surface area contributed by atoms with E-state index in [4.69, 9.17) is 10.8 Å². The van der Waals surface area contributed by atoms with Crippen LogP contribution in [0.2, 0.25) is 0 Å². The van der Waals surface area contributed by atoms with Gasteiger partial charge in [0.25, 0.3) is 0 Å². The summed E-state index contributed by atoms with van der Waals surface area (Å²) in [6.07, 6.45) is 4.04. The zero-order valence-electron chi connectivity index (χ0n) is 11.6. The Balaban J connectivity index is 4.25. The second-order valence-electron chi connectivity index (χ2n) is 4.37. The van der Waals surface area contributed by atoms with Gasteiger partial charge < -0.3 is 21.5 Å². The van der Waals surface area contributed by atoms with E-state index in [2.05, 4.69) is 10.6 Å². The molecule has 0 fully saturated rings. The zero-order chi connectivity index (χ0) is 14.7. The van der Waals surface area contributed by atoms with Crippen molar-refractivity contribution in [1.29, 1.82) is 0 Å². The maximum atomic E-state index is 12.0. The lowest BCUT2D eigenvalue weighted by molar-refractivity contribution is -0.123. The summed E-state index contributed by atoms with van der Waals surface area (Å²) in [7, 11) is 0. The molecule has 2 atom stereocenters. The molecular weight excluding hydrogens is 266 g/mol. The molecule has 5 N–H and O–H groups in total. The summed E-state index contributed by atoms with van der Waals surface area (Å²) in [5.41, 5.74) is 5.06. The minimum absolute atomic E-state index is 0.115. The third kappa shape index (κ3) is 8.72. The molecule has 0 aliphatic heterocycles. The third-order valence-electron chi connectivity index (χ3n) is 2.92. The van der Waals surface area contributed by atoms with Crippen LogP contribution in [0.15, 0.2) is 0 Å². The normalized spacial score (nSPS) is 13.6. The van der Waals surface area contributed by atoms with Gasteiger partial charge in [0.1, 0.15) is 6.04 Å². The molecule has 2 unspecified atom stereocenters. The molecule has 0 aliphatic rings. The first kappa shape index (κ1) is 18.0. The maximum Gasteiger partial charge on any atom is 0.312 e. The molecule has 7 heteroatoms. The lowest BCUT2D eigenvalue weighted by atomic mass is 10.0. The number of carbonyl (C=O) groups is 2. The van der Waals surface area contributed by atoms with E-state index in [1.54, 1.807) is 11.8 Å². The van der Waals surface area contributed by atoms with Crippen LogP contribution in [0.3, 0.4) is 0 Å². The van der Waals surface area contributed by atoms with Crippen molar-refractivity contribution in [3.63, 3.8) is 0 Å². The number of primary amides is 1. The minimum atomic E-state index is -0.691. The lowest BCUT2D eigenvalue weighted by Crippen LogP contribution is -2.49. The Morgan fingerprint density at radius 3 is 2.53 bits per heavy atom. The second-order valence-corrected chi connectivity index (χ2v) is 5.36. The summed E-state index contributed by atoms with van der Waals surface area (Å²) >= 11 is 1.61. The molecule has 0 bridgehead atoms. The number of nitrogens with one attached hydrogen (secondary N) is 2. The van der Waals surface area contributed by atoms with Crippen LogP contribution in [0, 0.1) is 5.92 Å². The van der Waals surface area contributed by atoms with E-state index in [0.717, 1.165) is 12.2 Å². The predicted octanol–water partition coefficient (Wildman–Crippen LogP) is 0.301. The van der Waals surface area contributed by atoms with Crippen molar-refractivity contribution in [3.8, 4) is 0 Å². The lowest BCUT2D eigenvalue weighted by Gasteiger charge is -2.19. The largest absolute Gasteiger partial charge is 0.396 e. The van der Waals surface area contributed by atoms with Gasteiger partial charge in [0, 0.05) is 13.2 Å². The van der Waals surface area contributed by atoms with Crippen molar-refractivity contribution in [2.45, 2.75) is 32.2 Å². The average Bonchev–Trinajstić information content (AvgIpc) is 2.38. The van der Waals surface area contributed by atoms with E-state index in [-0.39, 0.29) is 18.4 Å². The van der Waals surface area contributed by atoms with E-state index in [1.165, 1.54) is 0 Å². The summed E-state index contributed by atoms with van der Waals surface area (Å²) in [4.78, 5) is 22.8. The standard InChI is InChI=1S/C12H25N3O3S/c1-3-9(4-6-16)8-14-11(17)10(5-7-19-2)15-12(13)18/h9-10,16H,3-8H2,1-2H3,(H,14,17)(H3,13,15,18). The first-order chi connectivity index (χ1) is 9.04. The monoisotopic (exact) mass is 291 g/mol. The van der Waals surface area contributed by atoms with Crippen molar-refractivity contribution >= 4 is 23.7 Å². The SMILES string of the molecule is CCC(CCO)CNC(=O)C(CCSC)NC(N)=O. The number of aliphatic hydroxyl groups is 1. The molecule has 0 spiro atoms. The van der Waals surface area contributed by atoms with Crippen molar-refractivity contribution in [2.75, 3.05) is 25.2 Å². The third-order valence-corrected chi connectivity index (χ3v) is 3.57. The molecule has 0 rings (SSSR count). The molecule has 19 heavy (non-hydrogen) atoms. The Morgan fingerprint density at radius 2 is 2.05 bits per heavy atom. The van der Waals surface area contributed by atoms with Crippen LogP contribution >= 0.6 is 11.8 Å². The van der Waals surface area contributed by atoms with E-state index >= 15 is 0 Å². The fourth-order valence-electron chi connectivity index (χ4n) is 1.68. The van der Waals surface area contributed by atoms with Gasteiger partial charge in [-0.25, -0.2) is 4.79 Å². The van der Waals surface area contributed by atoms with Crippen LogP contribution in [-0.2, 0) is 4.79 Å². The van der Waals surface area contributed by atoms with Gasteiger partial charge in [-0.3, -0.25) is 4.79 Å². The first-order valence-electron chi connectivity index (χ1n) is 6.48. The van der Waals surface area contributed by atoms with E-state index in [0.29, 0.717) is 19.4 Å². The van der Waals surface area contributed by atoms with E-state index in [1.807, 2.05) is 13.2 Å². The van der Waals surface area contributed by atoms with Gasteiger partial charge in [-0.2, -0.15) is 11.8 Å².